The smallest absolute Gasteiger partial charge is 0.239 e. The van der Waals surface area contributed by atoms with Gasteiger partial charge in [0.2, 0.25) is 5.70 Å². The fourth-order valence-electron chi connectivity index (χ4n) is 1.37. The lowest BCUT2D eigenvalue weighted by atomic mass is 9.94. The molecule has 0 fully saturated rings. The third-order valence-corrected chi connectivity index (χ3v) is 2.07. The van der Waals surface area contributed by atoms with Gasteiger partial charge in [-0.25, -0.2) is 0 Å². The molecule has 0 radical (unpaired) electrons. The van der Waals surface area contributed by atoms with Crippen molar-refractivity contribution in [3.63, 3.8) is 0 Å². The standard InChI is InChI=1S/C9H13NO2/c1-8(10(11)12)7-9-5-3-2-4-6-9/h2-3,7,9H,4-6H2,1H3/b8-7+. The zero-order valence-corrected chi connectivity index (χ0v) is 7.19. The molecule has 1 atom stereocenters. The van der Waals surface area contributed by atoms with E-state index in [0.29, 0.717) is 5.92 Å². The van der Waals surface area contributed by atoms with Crippen LogP contribution in [0.2, 0.25) is 0 Å². The first-order chi connectivity index (χ1) is 5.70. The van der Waals surface area contributed by atoms with Crippen molar-refractivity contribution in [2.24, 2.45) is 5.92 Å². The molecule has 0 saturated carbocycles. The Morgan fingerprint density at radius 2 is 2.42 bits per heavy atom. The van der Waals surface area contributed by atoms with Crippen molar-refractivity contribution in [1.29, 1.82) is 0 Å². The summed E-state index contributed by atoms with van der Waals surface area (Å²) in [7, 11) is 0. The second-order valence-electron chi connectivity index (χ2n) is 3.11. The third kappa shape index (κ3) is 2.49. The average Bonchev–Trinajstić information content (AvgIpc) is 2.06. The molecule has 0 bridgehead atoms. The van der Waals surface area contributed by atoms with E-state index in [0.717, 1.165) is 19.3 Å². The van der Waals surface area contributed by atoms with Gasteiger partial charge in [-0.15, -0.1) is 0 Å². The summed E-state index contributed by atoms with van der Waals surface area (Å²) in [4.78, 5) is 9.97. The maximum absolute atomic E-state index is 10.3. The van der Waals surface area contributed by atoms with Crippen molar-refractivity contribution >= 4 is 0 Å². The molecular formula is C9H13NO2. The fourth-order valence-corrected chi connectivity index (χ4v) is 1.37. The predicted octanol–water partition coefficient (Wildman–Crippen LogP) is 2.52. The fraction of sp³-hybridized carbons (Fsp3) is 0.556. The normalized spacial score (nSPS) is 24.1. The Bertz CT molecular complexity index is 231. The third-order valence-electron chi connectivity index (χ3n) is 2.07. The van der Waals surface area contributed by atoms with E-state index >= 15 is 0 Å². The van der Waals surface area contributed by atoms with Gasteiger partial charge in [0.25, 0.3) is 0 Å². The SMILES string of the molecule is C/C(=C\C1CC=CCC1)[N+](=O)[O-]. The molecule has 1 aliphatic rings. The van der Waals surface area contributed by atoms with Crippen LogP contribution in [0.1, 0.15) is 26.2 Å². The minimum Gasteiger partial charge on any atom is -0.259 e. The Morgan fingerprint density at radius 1 is 1.67 bits per heavy atom. The first-order valence-corrected chi connectivity index (χ1v) is 4.18. The monoisotopic (exact) mass is 167 g/mol. The van der Waals surface area contributed by atoms with E-state index in [1.807, 2.05) is 0 Å². The van der Waals surface area contributed by atoms with Gasteiger partial charge in [-0.05, 0) is 31.3 Å². The molecule has 0 aromatic rings. The Kier molecular flexibility index (Phi) is 3.02. The van der Waals surface area contributed by atoms with Crippen LogP contribution < -0.4 is 0 Å². The minimum atomic E-state index is -0.321. The highest BCUT2D eigenvalue weighted by Gasteiger charge is 2.10. The van der Waals surface area contributed by atoms with E-state index in [4.69, 9.17) is 0 Å². The highest BCUT2D eigenvalue weighted by Crippen LogP contribution is 2.20. The second kappa shape index (κ2) is 4.04. The molecule has 0 spiro atoms. The van der Waals surface area contributed by atoms with Gasteiger partial charge >= 0.3 is 0 Å². The van der Waals surface area contributed by atoms with Crippen molar-refractivity contribution in [2.45, 2.75) is 26.2 Å². The first-order valence-electron chi connectivity index (χ1n) is 4.18. The molecule has 1 aliphatic carbocycles. The van der Waals surface area contributed by atoms with Crippen molar-refractivity contribution in [2.75, 3.05) is 0 Å². The summed E-state index contributed by atoms with van der Waals surface area (Å²) >= 11 is 0. The average molecular weight is 167 g/mol. The number of hydrogen-bond donors (Lipinski definition) is 0. The van der Waals surface area contributed by atoms with Gasteiger partial charge < -0.3 is 0 Å². The number of hydrogen-bond acceptors (Lipinski definition) is 2. The van der Waals surface area contributed by atoms with E-state index < -0.39 is 0 Å². The Labute approximate surface area is 71.9 Å². The molecule has 3 heteroatoms. The van der Waals surface area contributed by atoms with Crippen LogP contribution in [0.25, 0.3) is 0 Å². The van der Waals surface area contributed by atoms with Crippen LogP contribution in [0, 0.1) is 16.0 Å². The molecule has 12 heavy (non-hydrogen) atoms. The largest absolute Gasteiger partial charge is 0.259 e. The Hall–Kier alpha value is -1.12. The molecule has 1 rings (SSSR count). The van der Waals surface area contributed by atoms with Gasteiger partial charge in [-0.3, -0.25) is 10.1 Å². The van der Waals surface area contributed by atoms with Gasteiger partial charge in [0.05, 0.1) is 4.92 Å². The number of rotatable bonds is 2. The molecular weight excluding hydrogens is 154 g/mol. The molecule has 66 valence electrons. The molecule has 3 nitrogen and oxygen atoms in total. The molecule has 0 N–H and O–H groups in total. The topological polar surface area (TPSA) is 43.1 Å². The highest BCUT2D eigenvalue weighted by molar-refractivity contribution is 5.00. The van der Waals surface area contributed by atoms with Crippen molar-refractivity contribution in [1.82, 2.24) is 0 Å². The van der Waals surface area contributed by atoms with Gasteiger partial charge in [-0.2, -0.15) is 0 Å². The van der Waals surface area contributed by atoms with Crippen LogP contribution in [-0.4, -0.2) is 4.92 Å². The Morgan fingerprint density at radius 3 is 2.92 bits per heavy atom. The second-order valence-corrected chi connectivity index (χ2v) is 3.11. The maximum atomic E-state index is 10.3. The van der Waals surface area contributed by atoms with Crippen LogP contribution in [0.4, 0.5) is 0 Å². The summed E-state index contributed by atoms with van der Waals surface area (Å²) in [5, 5.41) is 10.3. The number of allylic oxidation sites excluding steroid dienone is 4. The summed E-state index contributed by atoms with van der Waals surface area (Å²) in [6, 6.07) is 0. The maximum Gasteiger partial charge on any atom is 0.239 e. The number of nitro groups is 1. The lowest BCUT2D eigenvalue weighted by Gasteiger charge is -2.11. The van der Waals surface area contributed by atoms with E-state index in [2.05, 4.69) is 12.2 Å². The van der Waals surface area contributed by atoms with Crippen LogP contribution >= 0.6 is 0 Å². The zero-order chi connectivity index (χ0) is 8.97. The van der Waals surface area contributed by atoms with Crippen LogP contribution in [0.5, 0.6) is 0 Å². The molecule has 1 unspecified atom stereocenters. The van der Waals surface area contributed by atoms with Gasteiger partial charge in [-0.1, -0.05) is 12.2 Å². The molecule has 0 aliphatic heterocycles. The highest BCUT2D eigenvalue weighted by atomic mass is 16.6. The lowest BCUT2D eigenvalue weighted by molar-refractivity contribution is -0.424. The zero-order valence-electron chi connectivity index (χ0n) is 7.19. The lowest BCUT2D eigenvalue weighted by Crippen LogP contribution is -2.02. The summed E-state index contributed by atoms with van der Waals surface area (Å²) in [5.41, 5.74) is 0.273. The molecule has 0 aromatic carbocycles. The quantitative estimate of drug-likeness (QED) is 0.360. The van der Waals surface area contributed by atoms with Crippen molar-refractivity contribution in [3.8, 4) is 0 Å². The Balaban J connectivity index is 2.54. The van der Waals surface area contributed by atoms with E-state index in [1.54, 1.807) is 13.0 Å². The van der Waals surface area contributed by atoms with E-state index in [9.17, 15) is 10.1 Å². The number of nitrogens with zero attached hydrogens (tertiary/aromatic N) is 1. The van der Waals surface area contributed by atoms with Crippen LogP contribution in [0.15, 0.2) is 23.9 Å². The molecule has 0 saturated heterocycles. The van der Waals surface area contributed by atoms with E-state index in [-0.39, 0.29) is 10.6 Å². The summed E-state index contributed by atoms with van der Waals surface area (Å²) in [6.45, 7) is 1.55. The van der Waals surface area contributed by atoms with Crippen molar-refractivity contribution in [3.05, 3.63) is 34.0 Å². The predicted molar refractivity (Wildman–Crippen MR) is 47.2 cm³/mol. The molecule has 0 amide bonds. The minimum absolute atomic E-state index is 0.273. The van der Waals surface area contributed by atoms with Crippen LogP contribution in [-0.2, 0) is 0 Å². The van der Waals surface area contributed by atoms with Crippen LogP contribution in [0.3, 0.4) is 0 Å². The van der Waals surface area contributed by atoms with E-state index in [1.165, 1.54) is 0 Å². The summed E-state index contributed by atoms with van der Waals surface area (Å²) in [6.07, 6.45) is 9.03. The van der Waals surface area contributed by atoms with Gasteiger partial charge in [0.1, 0.15) is 0 Å². The molecule has 0 heterocycles. The van der Waals surface area contributed by atoms with Gasteiger partial charge in [0, 0.05) is 6.92 Å². The van der Waals surface area contributed by atoms with Gasteiger partial charge in [0.15, 0.2) is 0 Å². The summed E-state index contributed by atoms with van der Waals surface area (Å²) in [5.74, 6) is 0.375. The first kappa shape index (κ1) is 8.97. The molecule has 0 aromatic heterocycles. The summed E-state index contributed by atoms with van der Waals surface area (Å²) < 4.78 is 0. The van der Waals surface area contributed by atoms with Crippen molar-refractivity contribution < 1.29 is 4.92 Å².